The van der Waals surface area contributed by atoms with E-state index in [2.05, 4.69) is 10.4 Å². The number of aromatic nitrogens is 2. The van der Waals surface area contributed by atoms with Gasteiger partial charge in [0, 0.05) is 21.9 Å². The number of ether oxygens (including phenoxy) is 1. The molecule has 7 heteroatoms. The van der Waals surface area contributed by atoms with Crippen molar-refractivity contribution in [1.82, 2.24) is 9.78 Å². The lowest BCUT2D eigenvalue weighted by Gasteiger charge is -2.12. The van der Waals surface area contributed by atoms with Crippen molar-refractivity contribution in [1.29, 1.82) is 0 Å². The van der Waals surface area contributed by atoms with E-state index in [1.807, 2.05) is 56.3 Å². The fraction of sp³-hybridized carbons (Fsp3) is 0.238. The molecule has 0 radical (unpaired) electrons. The monoisotopic (exact) mass is 395 g/mol. The van der Waals surface area contributed by atoms with Crippen molar-refractivity contribution < 1.29 is 13.7 Å². The van der Waals surface area contributed by atoms with Gasteiger partial charge in [0.25, 0.3) is 5.91 Å². The van der Waals surface area contributed by atoms with E-state index in [0.717, 1.165) is 33.8 Å². The number of nitrogens with zero attached hydrogens (tertiary/aromatic N) is 2. The summed E-state index contributed by atoms with van der Waals surface area (Å²) in [5, 5.41) is 7.61. The molecule has 0 bridgehead atoms. The number of carbonyl (C=O) groups excluding carboxylic acids is 1. The van der Waals surface area contributed by atoms with Gasteiger partial charge in [-0.3, -0.25) is 9.00 Å². The smallest absolute Gasteiger partial charge is 0.256 e. The fourth-order valence-corrected chi connectivity index (χ4v) is 4.49. The van der Waals surface area contributed by atoms with E-state index >= 15 is 0 Å². The molecular formula is C21H21N3O3S. The van der Waals surface area contributed by atoms with Gasteiger partial charge in [0.05, 0.1) is 30.0 Å². The van der Waals surface area contributed by atoms with Crippen molar-refractivity contribution in [3.63, 3.8) is 0 Å². The summed E-state index contributed by atoms with van der Waals surface area (Å²) in [5.41, 5.74) is 5.18. The number of hydrogen-bond acceptors (Lipinski definition) is 4. The zero-order chi connectivity index (χ0) is 19.8. The van der Waals surface area contributed by atoms with Crippen molar-refractivity contribution in [3.05, 3.63) is 70.4 Å². The number of anilines is 1. The molecule has 144 valence electrons. The van der Waals surface area contributed by atoms with Gasteiger partial charge in [0.2, 0.25) is 0 Å². The van der Waals surface area contributed by atoms with E-state index in [9.17, 15) is 9.00 Å². The van der Waals surface area contributed by atoms with Gasteiger partial charge in [-0.05, 0) is 61.4 Å². The van der Waals surface area contributed by atoms with Crippen LogP contribution in [0.1, 0.15) is 32.7 Å². The number of hydrogen-bond donors (Lipinski definition) is 1. The highest BCUT2D eigenvalue weighted by molar-refractivity contribution is 7.83. The predicted molar refractivity (Wildman–Crippen MR) is 110 cm³/mol. The predicted octanol–water partition coefficient (Wildman–Crippen LogP) is 3.51. The second-order valence-electron chi connectivity index (χ2n) is 6.87. The first-order valence-electron chi connectivity index (χ1n) is 8.95. The van der Waals surface area contributed by atoms with Crippen LogP contribution in [0.2, 0.25) is 0 Å². The molecule has 0 saturated heterocycles. The Morgan fingerprint density at radius 2 is 1.86 bits per heavy atom. The van der Waals surface area contributed by atoms with Gasteiger partial charge in [-0.2, -0.15) is 5.10 Å². The first-order chi connectivity index (χ1) is 13.5. The summed E-state index contributed by atoms with van der Waals surface area (Å²) in [5.74, 6) is 1.91. The Balaban J connectivity index is 1.73. The third-order valence-electron chi connectivity index (χ3n) is 4.99. The highest BCUT2D eigenvalue weighted by atomic mass is 32.2. The maximum absolute atomic E-state index is 12.9. The molecule has 1 aliphatic rings. The van der Waals surface area contributed by atoms with Crippen molar-refractivity contribution >= 4 is 22.5 Å². The first kappa shape index (κ1) is 18.4. The van der Waals surface area contributed by atoms with Gasteiger partial charge >= 0.3 is 0 Å². The number of methoxy groups -OCH3 is 1. The Morgan fingerprint density at radius 3 is 2.54 bits per heavy atom. The zero-order valence-electron chi connectivity index (χ0n) is 16.0. The Bertz CT molecular complexity index is 1090. The number of aryl methyl sites for hydroxylation is 2. The summed E-state index contributed by atoms with van der Waals surface area (Å²) < 4.78 is 18.9. The Hall–Kier alpha value is -2.93. The lowest BCUT2D eigenvalue weighted by Crippen LogP contribution is -2.16. The molecule has 28 heavy (non-hydrogen) atoms. The number of nitrogens with one attached hydrogen (secondary N) is 1. The molecule has 0 saturated carbocycles. The summed E-state index contributed by atoms with van der Waals surface area (Å²) >= 11 is 0. The van der Waals surface area contributed by atoms with Crippen molar-refractivity contribution in [2.24, 2.45) is 0 Å². The third-order valence-corrected chi connectivity index (χ3v) is 6.19. The number of benzene rings is 2. The molecule has 4 rings (SSSR count). The molecule has 2 heterocycles. The summed E-state index contributed by atoms with van der Waals surface area (Å²) in [6.07, 6.45) is 0. The van der Waals surface area contributed by atoms with Gasteiger partial charge < -0.3 is 10.1 Å². The lowest BCUT2D eigenvalue weighted by atomic mass is 10.1. The molecule has 0 fully saturated rings. The lowest BCUT2D eigenvalue weighted by molar-refractivity contribution is 0.102. The van der Waals surface area contributed by atoms with Crippen LogP contribution in [0.15, 0.2) is 42.5 Å². The van der Waals surface area contributed by atoms with E-state index in [4.69, 9.17) is 4.74 Å². The third kappa shape index (κ3) is 3.33. The second kappa shape index (κ2) is 7.24. The van der Waals surface area contributed by atoms with Crippen LogP contribution in [-0.4, -0.2) is 27.0 Å². The van der Waals surface area contributed by atoms with Crippen LogP contribution in [0, 0.1) is 13.8 Å². The van der Waals surface area contributed by atoms with E-state index in [1.54, 1.807) is 11.8 Å². The summed E-state index contributed by atoms with van der Waals surface area (Å²) in [7, 11) is 0.632. The van der Waals surface area contributed by atoms with Crippen LogP contribution in [-0.2, 0) is 22.3 Å². The molecule has 0 spiro atoms. The van der Waals surface area contributed by atoms with Crippen molar-refractivity contribution in [2.45, 2.75) is 25.4 Å². The molecule has 1 N–H and O–H groups in total. The summed E-state index contributed by atoms with van der Waals surface area (Å²) in [6, 6.07) is 13.1. The van der Waals surface area contributed by atoms with Crippen LogP contribution in [0.5, 0.6) is 5.75 Å². The Kier molecular flexibility index (Phi) is 4.77. The largest absolute Gasteiger partial charge is 0.497 e. The standard InChI is InChI=1S/C21H21N3O3S/c1-13-4-5-15(10-14(13)2)21(25)22-20-18-11-28(26)12-19(18)23-24(20)16-6-8-17(27-3)9-7-16/h4-10H,11-12H2,1-3H3,(H,22,25). The summed E-state index contributed by atoms with van der Waals surface area (Å²) in [6.45, 7) is 3.99. The molecule has 1 unspecified atom stereocenters. The fourth-order valence-electron chi connectivity index (χ4n) is 3.23. The molecular weight excluding hydrogens is 374 g/mol. The second-order valence-corrected chi connectivity index (χ2v) is 8.32. The topological polar surface area (TPSA) is 73.2 Å². The van der Waals surface area contributed by atoms with Crippen molar-refractivity contribution in [3.8, 4) is 11.4 Å². The molecule has 1 aliphatic heterocycles. The maximum atomic E-state index is 12.9. The highest BCUT2D eigenvalue weighted by Crippen LogP contribution is 2.32. The Morgan fingerprint density at radius 1 is 1.11 bits per heavy atom. The zero-order valence-corrected chi connectivity index (χ0v) is 16.8. The average Bonchev–Trinajstić information content (AvgIpc) is 3.21. The SMILES string of the molecule is COc1ccc(-n2nc3c(c2NC(=O)c2ccc(C)c(C)c2)CS(=O)C3)cc1. The van der Waals surface area contributed by atoms with Gasteiger partial charge in [0.15, 0.2) is 0 Å². The van der Waals surface area contributed by atoms with Crippen LogP contribution in [0.3, 0.4) is 0 Å². The normalized spacial score (nSPS) is 15.3. The first-order valence-corrected chi connectivity index (χ1v) is 10.4. The molecule has 1 amide bonds. The molecule has 0 aliphatic carbocycles. The van der Waals surface area contributed by atoms with E-state index in [-0.39, 0.29) is 5.91 Å². The maximum Gasteiger partial charge on any atom is 0.256 e. The van der Waals surface area contributed by atoms with E-state index in [1.165, 1.54) is 0 Å². The van der Waals surface area contributed by atoms with E-state index in [0.29, 0.717) is 22.9 Å². The molecule has 1 atom stereocenters. The Labute approximate surface area is 166 Å². The molecule has 3 aromatic rings. The van der Waals surface area contributed by atoms with Gasteiger partial charge in [-0.15, -0.1) is 0 Å². The molecule has 6 nitrogen and oxygen atoms in total. The van der Waals surface area contributed by atoms with Gasteiger partial charge in [-0.1, -0.05) is 6.07 Å². The van der Waals surface area contributed by atoms with Crippen LogP contribution in [0.25, 0.3) is 5.69 Å². The van der Waals surface area contributed by atoms with Crippen LogP contribution >= 0.6 is 0 Å². The van der Waals surface area contributed by atoms with Gasteiger partial charge in [-0.25, -0.2) is 4.68 Å². The quantitative estimate of drug-likeness (QED) is 0.734. The van der Waals surface area contributed by atoms with Crippen LogP contribution < -0.4 is 10.1 Å². The number of fused-ring (bicyclic) bond motifs is 1. The number of amides is 1. The average molecular weight is 395 g/mol. The number of carbonyl (C=O) groups is 1. The minimum absolute atomic E-state index is 0.210. The van der Waals surface area contributed by atoms with Gasteiger partial charge in [0.1, 0.15) is 11.6 Å². The minimum Gasteiger partial charge on any atom is -0.497 e. The number of rotatable bonds is 4. The molecule has 1 aromatic heterocycles. The molecule has 2 aromatic carbocycles. The van der Waals surface area contributed by atoms with E-state index < -0.39 is 10.8 Å². The van der Waals surface area contributed by atoms with Crippen molar-refractivity contribution in [2.75, 3.05) is 12.4 Å². The summed E-state index contributed by atoms with van der Waals surface area (Å²) in [4.78, 5) is 12.9. The van der Waals surface area contributed by atoms with Crippen LogP contribution in [0.4, 0.5) is 5.82 Å². The minimum atomic E-state index is -0.981. The highest BCUT2D eigenvalue weighted by Gasteiger charge is 2.28.